The summed E-state index contributed by atoms with van der Waals surface area (Å²) in [6.45, 7) is 4.28. The van der Waals surface area contributed by atoms with Crippen molar-refractivity contribution in [2.45, 2.75) is 20.5 Å². The Morgan fingerprint density at radius 3 is 2.50 bits per heavy atom. The minimum absolute atomic E-state index is 0.262. The van der Waals surface area contributed by atoms with Gasteiger partial charge >= 0.3 is 5.97 Å². The summed E-state index contributed by atoms with van der Waals surface area (Å²) in [5.41, 5.74) is 9.94. The largest absolute Gasteiger partial charge is 0.457 e. The minimum atomic E-state index is -0.383. The fraction of sp³-hybridized carbons (Fsp3) is 0.188. The molecule has 0 aliphatic heterocycles. The van der Waals surface area contributed by atoms with Crippen molar-refractivity contribution in [3.05, 3.63) is 63.1 Å². The first-order valence-electron chi connectivity index (χ1n) is 6.26. The molecule has 0 aliphatic carbocycles. The van der Waals surface area contributed by atoms with E-state index in [1.807, 2.05) is 32.0 Å². The Morgan fingerprint density at radius 2 is 1.85 bits per heavy atom. The molecule has 0 radical (unpaired) electrons. The molecule has 4 heteroatoms. The number of hydrogen-bond acceptors (Lipinski definition) is 3. The molecule has 20 heavy (non-hydrogen) atoms. The zero-order chi connectivity index (χ0) is 14.7. The number of anilines is 1. The normalized spacial score (nSPS) is 10.3. The Balaban J connectivity index is 2.15. The lowest BCUT2D eigenvalue weighted by molar-refractivity contribution is 0.0470. The topological polar surface area (TPSA) is 52.3 Å². The summed E-state index contributed by atoms with van der Waals surface area (Å²) in [6, 6.07) is 11.1. The fourth-order valence-corrected chi connectivity index (χ4v) is 2.40. The van der Waals surface area contributed by atoms with Crippen molar-refractivity contribution in [1.82, 2.24) is 0 Å². The molecule has 0 bridgehead atoms. The van der Waals surface area contributed by atoms with Crippen LogP contribution in [0.15, 0.2) is 40.9 Å². The van der Waals surface area contributed by atoms with E-state index in [2.05, 4.69) is 15.9 Å². The molecule has 104 valence electrons. The maximum absolute atomic E-state index is 12.1. The molecule has 0 unspecified atom stereocenters. The summed E-state index contributed by atoms with van der Waals surface area (Å²) in [6.07, 6.45) is 0. The van der Waals surface area contributed by atoms with Crippen LogP contribution in [0.5, 0.6) is 0 Å². The molecule has 0 aliphatic rings. The van der Waals surface area contributed by atoms with Crippen LogP contribution in [0.4, 0.5) is 5.69 Å². The van der Waals surface area contributed by atoms with E-state index in [4.69, 9.17) is 10.5 Å². The molecule has 0 heterocycles. The van der Waals surface area contributed by atoms with Gasteiger partial charge in [-0.25, -0.2) is 4.79 Å². The first-order chi connectivity index (χ1) is 9.49. The van der Waals surface area contributed by atoms with E-state index in [-0.39, 0.29) is 12.6 Å². The minimum Gasteiger partial charge on any atom is -0.457 e. The second-order valence-electron chi connectivity index (χ2n) is 4.69. The van der Waals surface area contributed by atoms with E-state index in [0.717, 1.165) is 16.7 Å². The quantitative estimate of drug-likeness (QED) is 0.682. The van der Waals surface area contributed by atoms with Gasteiger partial charge in [-0.05, 0) is 64.7 Å². The van der Waals surface area contributed by atoms with Crippen LogP contribution in [-0.2, 0) is 11.3 Å². The number of hydrogen-bond donors (Lipinski definition) is 1. The number of carbonyl (C=O) groups is 1. The lowest BCUT2D eigenvalue weighted by Crippen LogP contribution is -2.08. The maximum Gasteiger partial charge on any atom is 0.339 e. The van der Waals surface area contributed by atoms with Gasteiger partial charge in [0.2, 0.25) is 0 Å². The fourth-order valence-electron chi connectivity index (χ4n) is 1.99. The molecule has 0 atom stereocenters. The third-order valence-electron chi connectivity index (χ3n) is 3.20. The Bertz CT molecular complexity index is 633. The molecule has 2 rings (SSSR count). The van der Waals surface area contributed by atoms with Gasteiger partial charge in [-0.15, -0.1) is 0 Å². The molecule has 2 aromatic carbocycles. The number of nitrogen functional groups attached to an aromatic ring is 1. The number of esters is 1. The molecular formula is C16H16BrNO2. The average Bonchev–Trinajstić information content (AvgIpc) is 2.40. The highest BCUT2D eigenvalue weighted by molar-refractivity contribution is 9.10. The Kier molecular flexibility index (Phi) is 4.45. The number of benzene rings is 2. The monoisotopic (exact) mass is 333 g/mol. The van der Waals surface area contributed by atoms with E-state index in [0.29, 0.717) is 15.7 Å². The molecule has 2 N–H and O–H groups in total. The van der Waals surface area contributed by atoms with Crippen molar-refractivity contribution < 1.29 is 9.53 Å². The number of rotatable bonds is 3. The number of halogens is 1. The summed E-state index contributed by atoms with van der Waals surface area (Å²) in [4.78, 5) is 12.1. The molecule has 3 nitrogen and oxygen atoms in total. The standard InChI is InChI=1S/C16H16BrNO2/c1-10-4-3-5-11(2)14(10)9-20-16(19)13-8-12(18)6-7-15(13)17/h3-8H,9,18H2,1-2H3. The highest BCUT2D eigenvalue weighted by atomic mass is 79.9. The van der Waals surface area contributed by atoms with Gasteiger partial charge in [0, 0.05) is 10.2 Å². The van der Waals surface area contributed by atoms with E-state index in [1.165, 1.54) is 0 Å². The highest BCUT2D eigenvalue weighted by Gasteiger charge is 2.13. The first-order valence-corrected chi connectivity index (χ1v) is 7.05. The third kappa shape index (κ3) is 3.20. The third-order valence-corrected chi connectivity index (χ3v) is 3.89. The van der Waals surface area contributed by atoms with Crippen molar-refractivity contribution >= 4 is 27.6 Å². The van der Waals surface area contributed by atoms with Crippen LogP contribution in [0, 0.1) is 13.8 Å². The van der Waals surface area contributed by atoms with Crippen molar-refractivity contribution in [2.24, 2.45) is 0 Å². The van der Waals surface area contributed by atoms with Crippen LogP contribution >= 0.6 is 15.9 Å². The number of ether oxygens (including phenoxy) is 1. The van der Waals surface area contributed by atoms with Gasteiger partial charge in [0.15, 0.2) is 0 Å². The predicted octanol–water partition coefficient (Wildman–Crippen LogP) is 4.01. The SMILES string of the molecule is Cc1cccc(C)c1COC(=O)c1cc(N)ccc1Br. The van der Waals surface area contributed by atoms with Gasteiger partial charge in [-0.3, -0.25) is 0 Å². The zero-order valence-corrected chi connectivity index (χ0v) is 13.0. The smallest absolute Gasteiger partial charge is 0.339 e. The van der Waals surface area contributed by atoms with Crippen molar-refractivity contribution in [3.63, 3.8) is 0 Å². The lowest BCUT2D eigenvalue weighted by atomic mass is 10.0. The van der Waals surface area contributed by atoms with Gasteiger partial charge in [0.05, 0.1) is 5.56 Å². The van der Waals surface area contributed by atoms with E-state index < -0.39 is 0 Å². The summed E-state index contributed by atoms with van der Waals surface area (Å²) in [5.74, 6) is -0.383. The molecule has 0 saturated carbocycles. The first kappa shape index (κ1) is 14.6. The number of nitrogens with two attached hydrogens (primary N) is 1. The Morgan fingerprint density at radius 1 is 1.20 bits per heavy atom. The van der Waals surface area contributed by atoms with Gasteiger partial charge < -0.3 is 10.5 Å². The summed E-state index contributed by atoms with van der Waals surface area (Å²) >= 11 is 3.33. The van der Waals surface area contributed by atoms with Crippen LogP contribution < -0.4 is 5.73 Å². The van der Waals surface area contributed by atoms with Crippen molar-refractivity contribution in [2.75, 3.05) is 5.73 Å². The average molecular weight is 334 g/mol. The number of carbonyl (C=O) groups excluding carboxylic acids is 1. The molecule has 0 fully saturated rings. The summed E-state index contributed by atoms with van der Waals surface area (Å²) in [7, 11) is 0. The zero-order valence-electron chi connectivity index (χ0n) is 11.4. The molecule has 2 aromatic rings. The maximum atomic E-state index is 12.1. The lowest BCUT2D eigenvalue weighted by Gasteiger charge is -2.11. The van der Waals surface area contributed by atoms with Crippen molar-refractivity contribution in [3.8, 4) is 0 Å². The Labute approximate surface area is 126 Å². The van der Waals surface area contributed by atoms with E-state index in [9.17, 15) is 4.79 Å². The second kappa shape index (κ2) is 6.09. The van der Waals surface area contributed by atoms with E-state index >= 15 is 0 Å². The van der Waals surface area contributed by atoms with Gasteiger partial charge in [-0.2, -0.15) is 0 Å². The van der Waals surface area contributed by atoms with Gasteiger partial charge in [-0.1, -0.05) is 18.2 Å². The van der Waals surface area contributed by atoms with Crippen molar-refractivity contribution in [1.29, 1.82) is 0 Å². The second-order valence-corrected chi connectivity index (χ2v) is 5.54. The number of aryl methyl sites for hydroxylation is 2. The molecule has 0 spiro atoms. The van der Waals surface area contributed by atoms with Crippen LogP contribution in [0.3, 0.4) is 0 Å². The molecule has 0 amide bonds. The van der Waals surface area contributed by atoms with Crippen LogP contribution in [-0.4, -0.2) is 5.97 Å². The molecule has 0 aromatic heterocycles. The van der Waals surface area contributed by atoms with Crippen LogP contribution in [0.1, 0.15) is 27.0 Å². The Hall–Kier alpha value is -1.81. The summed E-state index contributed by atoms with van der Waals surface area (Å²) in [5, 5.41) is 0. The molecular weight excluding hydrogens is 318 g/mol. The summed E-state index contributed by atoms with van der Waals surface area (Å²) < 4.78 is 6.07. The predicted molar refractivity (Wildman–Crippen MR) is 83.6 cm³/mol. The molecule has 0 saturated heterocycles. The van der Waals surface area contributed by atoms with Gasteiger partial charge in [0.25, 0.3) is 0 Å². The van der Waals surface area contributed by atoms with Gasteiger partial charge in [0.1, 0.15) is 6.61 Å². The van der Waals surface area contributed by atoms with Crippen LogP contribution in [0.25, 0.3) is 0 Å². The van der Waals surface area contributed by atoms with E-state index in [1.54, 1.807) is 18.2 Å². The highest BCUT2D eigenvalue weighted by Crippen LogP contribution is 2.21. The van der Waals surface area contributed by atoms with Crippen LogP contribution in [0.2, 0.25) is 0 Å².